The highest BCUT2D eigenvalue weighted by Crippen LogP contribution is 2.47. The van der Waals surface area contributed by atoms with Crippen LogP contribution in [0.1, 0.15) is 13.8 Å². The Balaban J connectivity index is 3.20. The number of hydrogen-bond acceptors (Lipinski definition) is 11. The summed E-state index contributed by atoms with van der Waals surface area (Å²) in [5.41, 5.74) is 8.11. The quantitative estimate of drug-likeness (QED) is 0.0500. The van der Waals surface area contributed by atoms with E-state index in [1.807, 2.05) is 0 Å². The van der Waals surface area contributed by atoms with Gasteiger partial charge in [0.1, 0.15) is 0 Å². The number of nitrogens with zero attached hydrogens (tertiary/aromatic N) is 3. The molecule has 0 aliphatic carbocycles. The first kappa shape index (κ1) is 33.2. The Morgan fingerprint density at radius 1 is 0.588 bits per heavy atom. The molecule has 0 N–H and O–H groups in total. The summed E-state index contributed by atoms with van der Waals surface area (Å²) in [5.74, 6) is 0. The highest BCUT2D eigenvalue weighted by molar-refractivity contribution is 7.53. The lowest BCUT2D eigenvalue weighted by atomic mass is 10.6. The van der Waals surface area contributed by atoms with E-state index in [1.54, 1.807) is 13.8 Å². The smallest absolute Gasteiger partial charge is 0.332 e. The maximum absolute atomic E-state index is 12.2. The van der Waals surface area contributed by atoms with E-state index in [-0.39, 0.29) is 6.16 Å². The number of rotatable bonds is 28. The van der Waals surface area contributed by atoms with E-state index in [2.05, 4.69) is 10.0 Å². The Hall–Kier alpha value is -0.820. The molecule has 0 fully saturated rings. The average Bonchev–Trinajstić information content (AvgIpc) is 2.82. The fourth-order valence-electron chi connectivity index (χ4n) is 2.31. The Bertz CT molecular complexity index is 517. The molecule has 0 aliphatic heterocycles. The molecule has 0 spiro atoms. The van der Waals surface area contributed by atoms with Crippen LogP contribution >= 0.6 is 7.60 Å². The van der Waals surface area contributed by atoms with E-state index in [0.29, 0.717) is 112 Å². The second kappa shape index (κ2) is 26.8. The molecule has 13 nitrogen and oxygen atoms in total. The monoisotopic (exact) mass is 515 g/mol. The van der Waals surface area contributed by atoms with Gasteiger partial charge in [-0.15, -0.1) is 0 Å². The lowest BCUT2D eigenvalue weighted by Gasteiger charge is -2.16. The van der Waals surface area contributed by atoms with Crippen LogP contribution in [0.25, 0.3) is 10.4 Å². The number of ether oxygens (including phenoxy) is 7. The fraction of sp³-hybridized carbons (Fsp3) is 1.00. The molecule has 14 heteroatoms. The van der Waals surface area contributed by atoms with Gasteiger partial charge in [0, 0.05) is 11.5 Å². The molecule has 0 heterocycles. The summed E-state index contributed by atoms with van der Waals surface area (Å²) in [6, 6.07) is 0. The van der Waals surface area contributed by atoms with Crippen LogP contribution in [-0.4, -0.2) is 118 Å². The Morgan fingerprint density at radius 2 is 0.912 bits per heavy atom. The third-order valence-electron chi connectivity index (χ3n) is 3.79. The molecule has 0 bridgehead atoms. The van der Waals surface area contributed by atoms with Crippen LogP contribution in [0.2, 0.25) is 0 Å². The van der Waals surface area contributed by atoms with Gasteiger partial charge < -0.3 is 42.2 Å². The van der Waals surface area contributed by atoms with Crippen LogP contribution in [0.4, 0.5) is 0 Å². The van der Waals surface area contributed by atoms with Crippen molar-refractivity contribution in [3.05, 3.63) is 10.4 Å². The van der Waals surface area contributed by atoms with Crippen LogP contribution in [0.3, 0.4) is 0 Å². The van der Waals surface area contributed by atoms with Gasteiger partial charge in [0.2, 0.25) is 0 Å². The van der Waals surface area contributed by atoms with E-state index in [1.165, 1.54) is 0 Å². The normalized spacial score (nSPS) is 11.6. The third kappa shape index (κ3) is 24.3. The molecule has 0 atom stereocenters. The fourth-order valence-corrected chi connectivity index (χ4v) is 3.78. The summed E-state index contributed by atoms with van der Waals surface area (Å²) in [6.07, 6.45) is 0.230. The van der Waals surface area contributed by atoms with Gasteiger partial charge in [-0.1, -0.05) is 5.11 Å². The van der Waals surface area contributed by atoms with Gasteiger partial charge in [-0.3, -0.25) is 4.57 Å². The summed E-state index contributed by atoms with van der Waals surface area (Å²) in [6.45, 7) is 10.8. The van der Waals surface area contributed by atoms with Crippen molar-refractivity contribution in [3.8, 4) is 0 Å². The topological polar surface area (TPSA) is 149 Å². The van der Waals surface area contributed by atoms with Gasteiger partial charge >= 0.3 is 7.60 Å². The van der Waals surface area contributed by atoms with Crippen molar-refractivity contribution in [2.24, 2.45) is 5.11 Å². The van der Waals surface area contributed by atoms with E-state index in [0.717, 1.165) is 0 Å². The van der Waals surface area contributed by atoms with E-state index in [9.17, 15) is 4.57 Å². The average molecular weight is 516 g/mol. The molecule has 0 aromatic rings. The van der Waals surface area contributed by atoms with Crippen LogP contribution in [0.15, 0.2) is 5.11 Å². The summed E-state index contributed by atoms with van der Waals surface area (Å²) < 4.78 is 60.2. The van der Waals surface area contributed by atoms with Gasteiger partial charge in [-0.25, -0.2) is 0 Å². The molecule has 34 heavy (non-hydrogen) atoms. The molecule has 0 rings (SSSR count). The predicted octanol–water partition coefficient (Wildman–Crippen LogP) is 2.68. The van der Waals surface area contributed by atoms with Crippen molar-refractivity contribution in [2.75, 3.05) is 118 Å². The largest absolute Gasteiger partial charge is 0.379 e. The van der Waals surface area contributed by atoms with Gasteiger partial charge in [0.15, 0.2) is 0 Å². The highest BCUT2D eigenvalue weighted by Gasteiger charge is 2.22. The van der Waals surface area contributed by atoms with Crippen LogP contribution in [0, 0.1) is 0 Å². The minimum absolute atomic E-state index is 0.230. The molecule has 0 radical (unpaired) electrons. The van der Waals surface area contributed by atoms with Crippen LogP contribution in [0.5, 0.6) is 0 Å². The van der Waals surface area contributed by atoms with Gasteiger partial charge in [-0.05, 0) is 19.4 Å². The summed E-state index contributed by atoms with van der Waals surface area (Å²) in [5, 5.41) is 3.36. The first-order chi connectivity index (χ1) is 16.7. The summed E-state index contributed by atoms with van der Waals surface area (Å²) in [4.78, 5) is 2.63. The van der Waals surface area contributed by atoms with E-state index in [4.69, 9.17) is 47.7 Å². The zero-order valence-corrected chi connectivity index (χ0v) is 21.5. The van der Waals surface area contributed by atoms with Crippen molar-refractivity contribution in [2.45, 2.75) is 13.8 Å². The zero-order valence-electron chi connectivity index (χ0n) is 20.6. The zero-order chi connectivity index (χ0) is 25.0. The maximum atomic E-state index is 12.2. The molecule has 202 valence electrons. The van der Waals surface area contributed by atoms with E-state index >= 15 is 0 Å². The standard InChI is InChI=1S/C20H42N3O10P/c1-3-32-34(24,33-4-2)20-19-31-18-17-30-16-15-29-14-13-28-12-11-27-10-9-26-8-7-25-6-5-22-23-21/h3-20H2,1-2H3. The predicted molar refractivity (Wildman–Crippen MR) is 125 cm³/mol. The Kier molecular flexibility index (Phi) is 26.1. The number of azide groups is 1. The molecule has 0 aromatic carbocycles. The van der Waals surface area contributed by atoms with Crippen molar-refractivity contribution < 1.29 is 46.8 Å². The van der Waals surface area contributed by atoms with Gasteiger partial charge in [0.05, 0.1) is 112 Å². The third-order valence-corrected chi connectivity index (χ3v) is 5.83. The van der Waals surface area contributed by atoms with Crippen LogP contribution < -0.4 is 0 Å². The van der Waals surface area contributed by atoms with Crippen molar-refractivity contribution in [1.29, 1.82) is 0 Å². The van der Waals surface area contributed by atoms with Crippen molar-refractivity contribution >= 4 is 7.60 Å². The summed E-state index contributed by atoms with van der Waals surface area (Å²) in [7, 11) is -3.04. The molecular formula is C20H42N3O10P. The summed E-state index contributed by atoms with van der Waals surface area (Å²) >= 11 is 0. The molecule has 0 aliphatic rings. The first-order valence-corrected chi connectivity index (χ1v) is 13.3. The second-order valence-corrected chi connectivity index (χ2v) is 8.60. The minimum Gasteiger partial charge on any atom is -0.379 e. The Labute approximate surface area is 202 Å². The van der Waals surface area contributed by atoms with Gasteiger partial charge in [0.25, 0.3) is 0 Å². The van der Waals surface area contributed by atoms with Crippen molar-refractivity contribution in [1.82, 2.24) is 0 Å². The number of hydrogen-bond donors (Lipinski definition) is 0. The Morgan fingerprint density at radius 3 is 1.24 bits per heavy atom. The lowest BCUT2D eigenvalue weighted by Crippen LogP contribution is -2.15. The molecule has 0 saturated carbocycles. The SMILES string of the molecule is CCOP(=O)(CCOCCOCCOCCOCCOCCOCCOCCN=[N+]=[N-])OCC. The lowest BCUT2D eigenvalue weighted by molar-refractivity contribution is -0.0199. The van der Waals surface area contributed by atoms with Crippen LogP contribution in [-0.2, 0) is 46.8 Å². The second-order valence-electron chi connectivity index (χ2n) is 6.41. The maximum Gasteiger partial charge on any atom is 0.332 e. The molecule has 0 amide bonds. The highest BCUT2D eigenvalue weighted by atomic mass is 31.2. The van der Waals surface area contributed by atoms with Crippen molar-refractivity contribution in [3.63, 3.8) is 0 Å². The molecular weight excluding hydrogens is 473 g/mol. The first-order valence-electron chi connectivity index (χ1n) is 11.6. The van der Waals surface area contributed by atoms with Gasteiger partial charge in [-0.2, -0.15) is 0 Å². The minimum atomic E-state index is -3.04. The molecule has 0 saturated heterocycles. The molecule has 0 unspecified atom stereocenters. The molecule has 0 aromatic heterocycles. The van der Waals surface area contributed by atoms with E-state index < -0.39 is 7.60 Å².